The Labute approximate surface area is 74.1 Å². The Morgan fingerprint density at radius 2 is 2.42 bits per heavy atom. The van der Waals surface area contributed by atoms with Gasteiger partial charge >= 0.3 is 0 Å². The molecule has 12 heavy (non-hydrogen) atoms. The minimum absolute atomic E-state index is 0.0498. The summed E-state index contributed by atoms with van der Waals surface area (Å²) in [6, 6.07) is 0.0498. The number of carbonyl (C=O) groups is 1. The van der Waals surface area contributed by atoms with E-state index in [0.717, 1.165) is 19.5 Å². The van der Waals surface area contributed by atoms with Crippen molar-refractivity contribution in [3.63, 3.8) is 0 Å². The van der Waals surface area contributed by atoms with Gasteiger partial charge in [-0.2, -0.15) is 0 Å². The normalized spacial score (nSPS) is 27.4. The van der Waals surface area contributed by atoms with E-state index in [4.69, 9.17) is 0 Å². The molecule has 0 spiro atoms. The van der Waals surface area contributed by atoms with E-state index in [1.54, 1.807) is 0 Å². The lowest BCUT2D eigenvalue weighted by molar-refractivity contribution is -0.135. The summed E-state index contributed by atoms with van der Waals surface area (Å²) in [5.41, 5.74) is 0. The first-order chi connectivity index (χ1) is 5.66. The summed E-state index contributed by atoms with van der Waals surface area (Å²) in [5.74, 6) is 0.691. The van der Waals surface area contributed by atoms with Crippen LogP contribution >= 0.6 is 0 Å². The first-order valence-corrected chi connectivity index (χ1v) is 4.65. The van der Waals surface area contributed by atoms with Crippen molar-refractivity contribution in [1.29, 1.82) is 0 Å². The van der Waals surface area contributed by atoms with Gasteiger partial charge in [0.2, 0.25) is 5.91 Å². The number of nitrogens with zero attached hydrogens (tertiary/aromatic N) is 1. The van der Waals surface area contributed by atoms with Crippen LogP contribution in [-0.4, -0.2) is 37.0 Å². The Bertz CT molecular complexity index is 170. The summed E-state index contributed by atoms with van der Waals surface area (Å²) in [6.45, 7) is 6.01. The van der Waals surface area contributed by atoms with E-state index in [-0.39, 0.29) is 11.9 Å². The van der Waals surface area contributed by atoms with Crippen LogP contribution in [0, 0.1) is 5.92 Å². The number of piperazine rings is 1. The zero-order chi connectivity index (χ0) is 9.14. The lowest BCUT2D eigenvalue weighted by Gasteiger charge is -2.33. The molecule has 0 radical (unpaired) electrons. The van der Waals surface area contributed by atoms with Gasteiger partial charge < -0.3 is 10.2 Å². The fourth-order valence-electron chi connectivity index (χ4n) is 1.50. The lowest BCUT2D eigenvalue weighted by Crippen LogP contribution is -2.55. The van der Waals surface area contributed by atoms with Gasteiger partial charge in [-0.05, 0) is 5.92 Å². The first kappa shape index (κ1) is 9.52. The molecule has 0 bridgehead atoms. The number of hydrogen-bond donors (Lipinski definition) is 1. The van der Waals surface area contributed by atoms with E-state index in [9.17, 15) is 4.79 Å². The molecule has 0 aromatic rings. The average molecular weight is 170 g/mol. The van der Waals surface area contributed by atoms with Gasteiger partial charge in [-0.1, -0.05) is 20.3 Å². The van der Waals surface area contributed by atoms with Crippen LogP contribution in [0.5, 0.6) is 0 Å². The highest BCUT2D eigenvalue weighted by Gasteiger charge is 2.29. The molecule has 2 atom stereocenters. The summed E-state index contributed by atoms with van der Waals surface area (Å²) in [7, 11) is 1.87. The SMILES string of the molecule is CC[C@H](C)[C@@H]1NCCN(C)C1=O. The molecule has 1 heterocycles. The molecule has 1 aliphatic heterocycles. The Kier molecular flexibility index (Phi) is 3.09. The monoisotopic (exact) mass is 170 g/mol. The van der Waals surface area contributed by atoms with Crippen LogP contribution in [0.15, 0.2) is 0 Å². The zero-order valence-electron chi connectivity index (χ0n) is 8.13. The highest BCUT2D eigenvalue weighted by Crippen LogP contribution is 2.12. The Morgan fingerprint density at radius 1 is 1.75 bits per heavy atom. The van der Waals surface area contributed by atoms with Gasteiger partial charge in [0.05, 0.1) is 6.04 Å². The van der Waals surface area contributed by atoms with Crippen molar-refractivity contribution < 1.29 is 4.79 Å². The van der Waals surface area contributed by atoms with E-state index in [0.29, 0.717) is 5.92 Å². The van der Waals surface area contributed by atoms with Crippen molar-refractivity contribution in [3.8, 4) is 0 Å². The third kappa shape index (κ3) is 1.78. The molecule has 3 heteroatoms. The molecule has 0 unspecified atom stereocenters. The number of rotatable bonds is 2. The second-order valence-electron chi connectivity index (χ2n) is 3.58. The Balaban J connectivity index is 2.57. The molecule has 1 amide bonds. The largest absolute Gasteiger partial charge is 0.343 e. The number of likely N-dealkylation sites (N-methyl/N-ethyl adjacent to an activating group) is 1. The van der Waals surface area contributed by atoms with Crippen LogP contribution in [0.1, 0.15) is 20.3 Å². The smallest absolute Gasteiger partial charge is 0.239 e. The Morgan fingerprint density at radius 3 is 3.00 bits per heavy atom. The zero-order valence-corrected chi connectivity index (χ0v) is 8.13. The van der Waals surface area contributed by atoms with Gasteiger partial charge in [-0.25, -0.2) is 0 Å². The van der Waals surface area contributed by atoms with Crippen molar-refractivity contribution in [2.75, 3.05) is 20.1 Å². The molecular formula is C9H18N2O. The molecular weight excluding hydrogens is 152 g/mol. The highest BCUT2D eigenvalue weighted by atomic mass is 16.2. The van der Waals surface area contributed by atoms with Crippen molar-refractivity contribution in [2.24, 2.45) is 5.92 Å². The molecule has 1 rings (SSSR count). The molecule has 1 N–H and O–H groups in total. The second-order valence-corrected chi connectivity index (χ2v) is 3.58. The van der Waals surface area contributed by atoms with Gasteiger partial charge in [0.1, 0.15) is 0 Å². The summed E-state index contributed by atoms with van der Waals surface area (Å²) in [5, 5.41) is 3.26. The van der Waals surface area contributed by atoms with Crippen LogP contribution in [-0.2, 0) is 4.79 Å². The van der Waals surface area contributed by atoms with Crippen molar-refractivity contribution in [1.82, 2.24) is 10.2 Å². The Hall–Kier alpha value is -0.570. The molecule has 1 aliphatic rings. The second kappa shape index (κ2) is 3.90. The molecule has 0 aliphatic carbocycles. The van der Waals surface area contributed by atoms with E-state index >= 15 is 0 Å². The minimum Gasteiger partial charge on any atom is -0.343 e. The third-order valence-electron chi connectivity index (χ3n) is 2.67. The van der Waals surface area contributed by atoms with Gasteiger partial charge in [0, 0.05) is 20.1 Å². The van der Waals surface area contributed by atoms with Gasteiger partial charge in [0.25, 0.3) is 0 Å². The van der Waals surface area contributed by atoms with E-state index in [1.165, 1.54) is 0 Å². The number of nitrogens with one attached hydrogen (secondary N) is 1. The molecule has 0 saturated carbocycles. The fraction of sp³-hybridized carbons (Fsp3) is 0.889. The van der Waals surface area contributed by atoms with Crippen LogP contribution < -0.4 is 5.32 Å². The van der Waals surface area contributed by atoms with E-state index in [2.05, 4.69) is 19.2 Å². The first-order valence-electron chi connectivity index (χ1n) is 4.65. The van der Waals surface area contributed by atoms with Crippen molar-refractivity contribution in [2.45, 2.75) is 26.3 Å². The predicted octanol–water partition coefficient (Wildman–Crippen LogP) is 0.463. The van der Waals surface area contributed by atoms with Gasteiger partial charge in [-0.15, -0.1) is 0 Å². The molecule has 0 aromatic heterocycles. The number of hydrogen-bond acceptors (Lipinski definition) is 2. The number of amides is 1. The maximum Gasteiger partial charge on any atom is 0.239 e. The molecule has 70 valence electrons. The fourth-order valence-corrected chi connectivity index (χ4v) is 1.50. The third-order valence-corrected chi connectivity index (χ3v) is 2.67. The highest BCUT2D eigenvalue weighted by molar-refractivity contribution is 5.82. The molecule has 0 aromatic carbocycles. The quantitative estimate of drug-likeness (QED) is 0.653. The van der Waals surface area contributed by atoms with E-state index in [1.807, 2.05) is 11.9 Å². The topological polar surface area (TPSA) is 32.3 Å². The van der Waals surface area contributed by atoms with Crippen LogP contribution in [0.3, 0.4) is 0 Å². The summed E-state index contributed by atoms with van der Waals surface area (Å²) >= 11 is 0. The van der Waals surface area contributed by atoms with Crippen LogP contribution in [0.2, 0.25) is 0 Å². The van der Waals surface area contributed by atoms with Crippen LogP contribution in [0.4, 0.5) is 0 Å². The minimum atomic E-state index is 0.0498. The van der Waals surface area contributed by atoms with Crippen molar-refractivity contribution in [3.05, 3.63) is 0 Å². The summed E-state index contributed by atoms with van der Waals surface area (Å²) < 4.78 is 0. The molecule has 3 nitrogen and oxygen atoms in total. The summed E-state index contributed by atoms with van der Waals surface area (Å²) in [4.78, 5) is 13.4. The maximum absolute atomic E-state index is 11.6. The van der Waals surface area contributed by atoms with Gasteiger partial charge in [0.15, 0.2) is 0 Å². The van der Waals surface area contributed by atoms with Gasteiger partial charge in [-0.3, -0.25) is 4.79 Å². The van der Waals surface area contributed by atoms with Crippen LogP contribution in [0.25, 0.3) is 0 Å². The van der Waals surface area contributed by atoms with Crippen molar-refractivity contribution >= 4 is 5.91 Å². The molecule has 1 saturated heterocycles. The maximum atomic E-state index is 11.6. The lowest BCUT2D eigenvalue weighted by atomic mass is 9.97. The number of carbonyl (C=O) groups excluding carboxylic acids is 1. The standard InChI is InChI=1S/C9H18N2O/c1-4-7(2)8-9(12)11(3)6-5-10-8/h7-8,10H,4-6H2,1-3H3/t7-,8-/m0/s1. The average Bonchev–Trinajstić information content (AvgIpc) is 2.08. The molecule has 1 fully saturated rings. The van der Waals surface area contributed by atoms with E-state index < -0.39 is 0 Å². The summed E-state index contributed by atoms with van der Waals surface area (Å²) in [6.07, 6.45) is 1.05. The predicted molar refractivity (Wildman–Crippen MR) is 48.9 cm³/mol.